The Balaban J connectivity index is 1.56. The fourth-order valence-electron chi connectivity index (χ4n) is 4.85. The summed E-state index contributed by atoms with van der Waals surface area (Å²) in [6, 6.07) is 25.8. The first-order chi connectivity index (χ1) is 18.5. The molecule has 0 aromatic heterocycles. The van der Waals surface area contributed by atoms with E-state index in [0.29, 0.717) is 18.7 Å². The molecule has 2 amide bonds. The van der Waals surface area contributed by atoms with Crippen LogP contribution in [0.3, 0.4) is 0 Å². The predicted molar refractivity (Wildman–Crippen MR) is 164 cm³/mol. The molecular weight excluding hydrogens is 624 g/mol. The van der Waals surface area contributed by atoms with E-state index in [-0.39, 0.29) is 17.9 Å². The highest BCUT2D eigenvalue weighted by Gasteiger charge is 2.31. The van der Waals surface area contributed by atoms with E-state index in [2.05, 4.69) is 49.3 Å². The summed E-state index contributed by atoms with van der Waals surface area (Å²) in [4.78, 5) is 29.4. The molecule has 0 aliphatic heterocycles. The molecule has 0 saturated heterocycles. The van der Waals surface area contributed by atoms with Gasteiger partial charge in [0.05, 0.1) is 5.75 Å². The van der Waals surface area contributed by atoms with E-state index in [9.17, 15) is 9.59 Å². The van der Waals surface area contributed by atoms with Crippen molar-refractivity contribution in [1.29, 1.82) is 0 Å². The summed E-state index contributed by atoms with van der Waals surface area (Å²) in [6.45, 7) is 0.382. The van der Waals surface area contributed by atoms with Gasteiger partial charge in [-0.2, -0.15) is 0 Å². The van der Waals surface area contributed by atoms with E-state index in [1.165, 1.54) is 12.0 Å². The summed E-state index contributed by atoms with van der Waals surface area (Å²) >= 11 is 8.62. The second-order valence-electron chi connectivity index (χ2n) is 9.82. The van der Waals surface area contributed by atoms with Crippen molar-refractivity contribution in [3.8, 4) is 0 Å². The quantitative estimate of drug-likeness (QED) is 0.232. The minimum Gasteiger partial charge on any atom is -0.352 e. The molecule has 4 nitrogen and oxygen atoms in total. The largest absolute Gasteiger partial charge is 0.352 e. The Morgan fingerprint density at radius 2 is 1.55 bits per heavy atom. The van der Waals surface area contributed by atoms with Crippen molar-refractivity contribution < 1.29 is 9.59 Å². The average Bonchev–Trinajstić information content (AvgIpc) is 2.93. The molecule has 7 heteroatoms. The number of thioether (sulfide) groups is 1. The van der Waals surface area contributed by atoms with Crippen LogP contribution in [-0.4, -0.2) is 34.6 Å². The molecule has 0 radical (unpaired) electrons. The molecule has 38 heavy (non-hydrogen) atoms. The van der Waals surface area contributed by atoms with Crippen molar-refractivity contribution in [2.75, 3.05) is 5.75 Å². The highest BCUT2D eigenvalue weighted by molar-refractivity contribution is 9.10. The van der Waals surface area contributed by atoms with Gasteiger partial charge < -0.3 is 10.2 Å². The van der Waals surface area contributed by atoms with Crippen molar-refractivity contribution in [3.05, 3.63) is 104 Å². The molecule has 3 aromatic carbocycles. The Bertz CT molecular complexity index is 1180. The fraction of sp³-hybridized carbons (Fsp3) is 0.355. The minimum atomic E-state index is -0.584. The zero-order chi connectivity index (χ0) is 26.7. The van der Waals surface area contributed by atoms with Gasteiger partial charge in [0.25, 0.3) is 0 Å². The number of hydrogen-bond acceptors (Lipinski definition) is 3. The first kappa shape index (κ1) is 28.9. The number of nitrogens with one attached hydrogen (secondary N) is 1. The van der Waals surface area contributed by atoms with Gasteiger partial charge in [-0.1, -0.05) is 106 Å². The van der Waals surface area contributed by atoms with Gasteiger partial charge in [0, 0.05) is 33.7 Å². The first-order valence-corrected chi connectivity index (χ1v) is 15.9. The molecule has 0 bridgehead atoms. The summed E-state index contributed by atoms with van der Waals surface area (Å²) in [5, 5.41) is 3.31. The van der Waals surface area contributed by atoms with Crippen LogP contribution in [-0.2, 0) is 28.3 Å². The van der Waals surface area contributed by atoms with E-state index in [1.807, 2.05) is 66.7 Å². The van der Waals surface area contributed by atoms with Crippen molar-refractivity contribution >= 4 is 55.4 Å². The Hall–Kier alpha value is -2.09. The van der Waals surface area contributed by atoms with Crippen molar-refractivity contribution in [1.82, 2.24) is 10.2 Å². The normalized spacial score (nSPS) is 14.6. The average molecular weight is 659 g/mol. The van der Waals surface area contributed by atoms with Crippen LogP contribution in [0.4, 0.5) is 0 Å². The number of benzene rings is 3. The number of rotatable bonds is 11. The number of carbonyl (C=O) groups is 2. The second kappa shape index (κ2) is 14.9. The van der Waals surface area contributed by atoms with E-state index in [4.69, 9.17) is 0 Å². The standard InChI is InChI=1S/C31H34Br2N2O2S/c32-26-16-14-24(15-17-26)21-38-22-30(36)35(20-25-10-7-11-27(33)18-25)29(19-23-8-3-1-4-9-23)31(37)34-28-12-5-2-6-13-28/h1,3-4,7-11,14-18,28-29H,2,5-6,12-13,19-22H2,(H,34,37). The lowest BCUT2D eigenvalue weighted by molar-refractivity contribution is -0.139. The lowest BCUT2D eigenvalue weighted by Crippen LogP contribution is -2.53. The molecule has 1 atom stereocenters. The van der Waals surface area contributed by atoms with Crippen LogP contribution in [0.5, 0.6) is 0 Å². The van der Waals surface area contributed by atoms with Gasteiger partial charge in [-0.05, 0) is 53.8 Å². The maximum Gasteiger partial charge on any atom is 0.243 e. The van der Waals surface area contributed by atoms with Gasteiger partial charge in [0.1, 0.15) is 6.04 Å². The van der Waals surface area contributed by atoms with Gasteiger partial charge in [-0.15, -0.1) is 11.8 Å². The van der Waals surface area contributed by atoms with E-state index in [1.54, 1.807) is 16.7 Å². The molecule has 4 rings (SSSR count). The summed E-state index contributed by atoms with van der Waals surface area (Å²) in [7, 11) is 0. The lowest BCUT2D eigenvalue weighted by atomic mass is 9.94. The van der Waals surface area contributed by atoms with Gasteiger partial charge in [-0.3, -0.25) is 9.59 Å². The molecule has 1 aliphatic carbocycles. The summed E-state index contributed by atoms with van der Waals surface area (Å²) < 4.78 is 1.99. The topological polar surface area (TPSA) is 49.4 Å². The van der Waals surface area contributed by atoms with Crippen LogP contribution < -0.4 is 5.32 Å². The maximum atomic E-state index is 13.8. The van der Waals surface area contributed by atoms with E-state index >= 15 is 0 Å². The minimum absolute atomic E-state index is 0.0215. The number of halogens is 2. The van der Waals surface area contributed by atoms with Crippen LogP contribution in [0.15, 0.2) is 87.8 Å². The molecule has 1 saturated carbocycles. The molecule has 1 unspecified atom stereocenters. The SMILES string of the molecule is O=C(NC1CCCCC1)C(Cc1ccccc1)N(Cc1cccc(Br)c1)C(=O)CSCc1ccc(Br)cc1. The summed E-state index contributed by atoms with van der Waals surface area (Å²) in [5.74, 6) is 0.974. The van der Waals surface area contributed by atoms with Gasteiger partial charge in [0.2, 0.25) is 11.8 Å². The first-order valence-electron chi connectivity index (χ1n) is 13.2. The molecule has 0 heterocycles. The number of hydrogen-bond donors (Lipinski definition) is 1. The Morgan fingerprint density at radius 3 is 2.26 bits per heavy atom. The van der Waals surface area contributed by atoms with Gasteiger partial charge in [-0.25, -0.2) is 0 Å². The lowest BCUT2D eigenvalue weighted by Gasteiger charge is -2.33. The maximum absolute atomic E-state index is 13.8. The van der Waals surface area contributed by atoms with Crippen molar-refractivity contribution in [3.63, 3.8) is 0 Å². The molecule has 0 spiro atoms. The van der Waals surface area contributed by atoms with E-state index in [0.717, 1.165) is 51.5 Å². The Kier molecular flexibility index (Phi) is 11.3. The fourth-order valence-corrected chi connectivity index (χ4v) is 6.43. The number of amides is 2. The smallest absolute Gasteiger partial charge is 0.243 e. The Labute approximate surface area is 247 Å². The zero-order valence-electron chi connectivity index (χ0n) is 21.5. The highest BCUT2D eigenvalue weighted by atomic mass is 79.9. The van der Waals surface area contributed by atoms with Crippen molar-refractivity contribution in [2.45, 2.75) is 62.9 Å². The highest BCUT2D eigenvalue weighted by Crippen LogP contribution is 2.22. The van der Waals surface area contributed by atoms with Crippen LogP contribution in [0, 0.1) is 0 Å². The van der Waals surface area contributed by atoms with E-state index < -0.39 is 6.04 Å². The molecule has 200 valence electrons. The van der Waals surface area contributed by atoms with Crippen molar-refractivity contribution in [2.24, 2.45) is 0 Å². The van der Waals surface area contributed by atoms with Crippen LogP contribution in [0.2, 0.25) is 0 Å². The van der Waals surface area contributed by atoms with Gasteiger partial charge in [0.15, 0.2) is 0 Å². The number of carbonyl (C=O) groups excluding carboxylic acids is 2. The molecule has 1 fully saturated rings. The summed E-state index contributed by atoms with van der Waals surface area (Å²) in [6.07, 6.45) is 6.00. The van der Waals surface area contributed by atoms with Crippen LogP contribution >= 0.6 is 43.6 Å². The molecule has 1 N–H and O–H groups in total. The monoisotopic (exact) mass is 656 g/mol. The third kappa shape index (κ3) is 8.99. The molecule has 3 aromatic rings. The number of nitrogens with zero attached hydrogens (tertiary/aromatic N) is 1. The Morgan fingerprint density at radius 1 is 0.842 bits per heavy atom. The third-order valence-corrected chi connectivity index (χ3v) is 8.88. The second-order valence-corrected chi connectivity index (χ2v) is 12.6. The van der Waals surface area contributed by atoms with Crippen LogP contribution in [0.1, 0.15) is 48.8 Å². The van der Waals surface area contributed by atoms with Gasteiger partial charge >= 0.3 is 0 Å². The van der Waals surface area contributed by atoms with Crippen LogP contribution in [0.25, 0.3) is 0 Å². The molecule has 1 aliphatic rings. The summed E-state index contributed by atoms with van der Waals surface area (Å²) in [5.41, 5.74) is 3.21. The zero-order valence-corrected chi connectivity index (χ0v) is 25.4. The molecular formula is C31H34Br2N2O2S. The predicted octanol–water partition coefficient (Wildman–Crippen LogP) is 7.53. The third-order valence-electron chi connectivity index (χ3n) is 6.87.